The lowest BCUT2D eigenvalue weighted by Gasteiger charge is -2.30. The van der Waals surface area contributed by atoms with E-state index in [1.807, 2.05) is 32.0 Å². The third-order valence-electron chi connectivity index (χ3n) is 7.32. The number of benzene rings is 1. The van der Waals surface area contributed by atoms with Gasteiger partial charge >= 0.3 is 5.97 Å². The van der Waals surface area contributed by atoms with Gasteiger partial charge in [-0.15, -0.1) is 12.4 Å². The zero-order chi connectivity index (χ0) is 24.6. The average Bonchev–Trinajstić information content (AvgIpc) is 3.53. The summed E-state index contributed by atoms with van der Waals surface area (Å²) in [5, 5.41) is 4.27. The molecule has 0 radical (unpaired) electrons. The number of hydrogen-bond donors (Lipinski definition) is 1. The Morgan fingerprint density at radius 2 is 1.75 bits per heavy atom. The highest BCUT2D eigenvalue weighted by molar-refractivity contribution is 5.93. The van der Waals surface area contributed by atoms with Crippen molar-refractivity contribution >= 4 is 35.1 Å². The molecule has 1 aromatic carbocycles. The number of rotatable bonds is 12. The molecule has 2 atom stereocenters. The van der Waals surface area contributed by atoms with Gasteiger partial charge in [-0.25, -0.2) is 4.79 Å². The van der Waals surface area contributed by atoms with E-state index in [9.17, 15) is 9.59 Å². The van der Waals surface area contributed by atoms with Gasteiger partial charge in [0.1, 0.15) is 11.7 Å². The van der Waals surface area contributed by atoms with Gasteiger partial charge < -0.3 is 23.9 Å². The summed E-state index contributed by atoms with van der Waals surface area (Å²) in [7, 11) is 0. The molecule has 2 fully saturated rings. The number of carbonyl (C=O) groups is 2. The molecule has 8 heteroatoms. The second-order valence-electron chi connectivity index (χ2n) is 9.75. The molecule has 7 nitrogen and oxygen atoms in total. The standard InChI is InChI=1S/C28H39NO6.ClH/c1-3-32-17-22(18-33-4-2)34-28(31)26-16-21-14-19(10-11-25(21)35-26)15-24(30)27-23(12-13-29-27)20-8-6-5-7-9-20;/h10-11,14,16,20,22-23,27,29H,3-9,12-13,15,17-18H2,1-2H3;1H/t23-,27-;/m0./s1. The van der Waals surface area contributed by atoms with Crippen LogP contribution < -0.4 is 5.32 Å². The number of furan rings is 1. The fraction of sp³-hybridized carbons (Fsp3) is 0.643. The molecule has 1 saturated carbocycles. The summed E-state index contributed by atoms with van der Waals surface area (Å²) in [6, 6.07) is 7.32. The number of ketones is 1. The largest absolute Gasteiger partial charge is 0.452 e. The molecule has 2 heterocycles. The maximum absolute atomic E-state index is 13.2. The fourth-order valence-corrected chi connectivity index (χ4v) is 5.59. The Labute approximate surface area is 220 Å². The maximum Gasteiger partial charge on any atom is 0.374 e. The monoisotopic (exact) mass is 521 g/mol. The number of esters is 1. The first-order valence-corrected chi connectivity index (χ1v) is 13.2. The minimum absolute atomic E-state index is 0. The van der Waals surface area contributed by atoms with Gasteiger partial charge in [0, 0.05) is 25.0 Å². The lowest BCUT2D eigenvalue weighted by molar-refractivity contribution is -0.121. The summed E-state index contributed by atoms with van der Waals surface area (Å²) in [6.07, 6.45) is 7.41. The lowest BCUT2D eigenvalue weighted by atomic mass is 9.75. The molecule has 1 aliphatic carbocycles. The van der Waals surface area contributed by atoms with Crippen molar-refractivity contribution < 1.29 is 28.2 Å². The van der Waals surface area contributed by atoms with Crippen LogP contribution in [-0.2, 0) is 25.4 Å². The number of carbonyl (C=O) groups excluding carboxylic acids is 2. The van der Waals surface area contributed by atoms with Gasteiger partial charge in [0.05, 0.1) is 19.3 Å². The summed E-state index contributed by atoms with van der Waals surface area (Å²) in [6.45, 7) is 6.31. The minimum Gasteiger partial charge on any atom is -0.452 e. The van der Waals surface area contributed by atoms with Crippen LogP contribution >= 0.6 is 12.4 Å². The topological polar surface area (TPSA) is 87.0 Å². The lowest BCUT2D eigenvalue weighted by Crippen LogP contribution is -2.40. The van der Waals surface area contributed by atoms with Crippen molar-refractivity contribution in [3.05, 3.63) is 35.6 Å². The second-order valence-corrected chi connectivity index (χ2v) is 9.75. The smallest absolute Gasteiger partial charge is 0.374 e. The molecule has 1 aromatic heterocycles. The van der Waals surface area contributed by atoms with Crippen molar-refractivity contribution in [2.45, 2.75) is 70.9 Å². The van der Waals surface area contributed by atoms with Gasteiger partial charge in [-0.05, 0) is 62.4 Å². The van der Waals surface area contributed by atoms with Gasteiger partial charge in [-0.3, -0.25) is 4.79 Å². The Morgan fingerprint density at radius 1 is 1.03 bits per heavy atom. The maximum atomic E-state index is 13.2. The van der Waals surface area contributed by atoms with Crippen molar-refractivity contribution in [3.8, 4) is 0 Å². The molecule has 36 heavy (non-hydrogen) atoms. The van der Waals surface area contributed by atoms with Crippen molar-refractivity contribution in [3.63, 3.8) is 0 Å². The molecule has 1 saturated heterocycles. The zero-order valence-electron chi connectivity index (χ0n) is 21.5. The van der Waals surface area contributed by atoms with Gasteiger partial charge in [-0.2, -0.15) is 0 Å². The normalized spacial score (nSPS) is 20.5. The van der Waals surface area contributed by atoms with Crippen molar-refractivity contribution in [1.82, 2.24) is 5.32 Å². The van der Waals surface area contributed by atoms with Crippen LogP contribution in [0.3, 0.4) is 0 Å². The van der Waals surface area contributed by atoms with E-state index >= 15 is 0 Å². The highest BCUT2D eigenvalue weighted by atomic mass is 35.5. The summed E-state index contributed by atoms with van der Waals surface area (Å²) >= 11 is 0. The Hall–Kier alpha value is -1.93. The van der Waals surface area contributed by atoms with Gasteiger partial charge in [-0.1, -0.05) is 38.2 Å². The van der Waals surface area contributed by atoms with E-state index in [2.05, 4.69) is 5.32 Å². The first-order valence-electron chi connectivity index (χ1n) is 13.2. The van der Waals surface area contributed by atoms with Crippen LogP contribution in [-0.4, -0.2) is 56.9 Å². The van der Waals surface area contributed by atoms with Crippen molar-refractivity contribution in [1.29, 1.82) is 0 Å². The van der Waals surface area contributed by atoms with E-state index in [-0.39, 0.29) is 43.2 Å². The van der Waals surface area contributed by atoms with Gasteiger partial charge in [0.15, 0.2) is 5.78 Å². The predicted octanol–water partition coefficient (Wildman–Crippen LogP) is 5.12. The van der Waals surface area contributed by atoms with Gasteiger partial charge in [0.2, 0.25) is 5.76 Å². The molecule has 0 unspecified atom stereocenters. The molecule has 1 N–H and O–H groups in total. The third-order valence-corrected chi connectivity index (χ3v) is 7.32. The van der Waals surface area contributed by atoms with E-state index in [1.54, 1.807) is 6.07 Å². The number of hydrogen-bond acceptors (Lipinski definition) is 7. The van der Waals surface area contributed by atoms with E-state index in [0.29, 0.717) is 37.1 Å². The molecule has 2 aromatic rings. The van der Waals surface area contributed by atoms with Crippen LogP contribution in [0.25, 0.3) is 11.0 Å². The molecule has 0 bridgehead atoms. The molecule has 0 amide bonds. The molecule has 1 aliphatic heterocycles. The Bertz CT molecular complexity index is 978. The summed E-state index contributed by atoms with van der Waals surface area (Å²) in [5.41, 5.74) is 1.53. The second kappa shape index (κ2) is 14.1. The Kier molecular flexibility index (Phi) is 11.2. The Morgan fingerprint density at radius 3 is 2.44 bits per heavy atom. The first-order chi connectivity index (χ1) is 17.1. The van der Waals surface area contributed by atoms with E-state index < -0.39 is 12.1 Å². The fourth-order valence-electron chi connectivity index (χ4n) is 5.59. The average molecular weight is 522 g/mol. The number of ether oxygens (including phenoxy) is 3. The third kappa shape index (κ3) is 7.31. The zero-order valence-corrected chi connectivity index (χ0v) is 22.3. The molecular formula is C28H40ClNO6. The number of Topliss-reactive ketones (excluding diaryl/α,β-unsaturated/α-hetero) is 1. The molecule has 2 aliphatic rings. The highest BCUT2D eigenvalue weighted by Gasteiger charge is 2.37. The Balaban J connectivity index is 0.00000361. The predicted molar refractivity (Wildman–Crippen MR) is 141 cm³/mol. The molecule has 0 spiro atoms. The van der Waals surface area contributed by atoms with E-state index in [0.717, 1.165) is 23.9 Å². The number of nitrogens with one attached hydrogen (secondary N) is 1. The van der Waals surface area contributed by atoms with Crippen LogP contribution in [0.4, 0.5) is 0 Å². The number of fused-ring (bicyclic) bond motifs is 1. The van der Waals surface area contributed by atoms with Crippen LogP contribution in [0.15, 0.2) is 28.7 Å². The van der Waals surface area contributed by atoms with Crippen LogP contribution in [0, 0.1) is 11.8 Å². The molecule has 200 valence electrons. The first kappa shape index (κ1) is 28.6. The van der Waals surface area contributed by atoms with E-state index in [4.69, 9.17) is 18.6 Å². The SMILES string of the molecule is CCOCC(COCC)OC(=O)c1cc2cc(CC(=O)[C@H]3NCC[C@H]3C3CCCCC3)ccc2o1.Cl. The number of halogens is 1. The molecule has 4 rings (SSSR count). The molecular weight excluding hydrogens is 482 g/mol. The van der Waals surface area contributed by atoms with Crippen molar-refractivity contribution in [2.24, 2.45) is 11.8 Å². The van der Waals surface area contributed by atoms with Crippen LogP contribution in [0.1, 0.15) is 68.5 Å². The summed E-state index contributed by atoms with van der Waals surface area (Å²) < 4.78 is 22.1. The van der Waals surface area contributed by atoms with Crippen molar-refractivity contribution in [2.75, 3.05) is 33.0 Å². The highest BCUT2D eigenvalue weighted by Crippen LogP contribution is 2.36. The quantitative estimate of drug-likeness (QED) is 0.388. The summed E-state index contributed by atoms with van der Waals surface area (Å²) in [5.74, 6) is 0.982. The van der Waals surface area contributed by atoms with Crippen LogP contribution in [0.2, 0.25) is 0 Å². The minimum atomic E-state index is -0.547. The van der Waals surface area contributed by atoms with E-state index in [1.165, 1.54) is 32.1 Å². The van der Waals surface area contributed by atoms with Crippen LogP contribution in [0.5, 0.6) is 0 Å². The van der Waals surface area contributed by atoms with Gasteiger partial charge in [0.25, 0.3) is 0 Å². The summed E-state index contributed by atoms with van der Waals surface area (Å²) in [4.78, 5) is 25.9.